The summed E-state index contributed by atoms with van der Waals surface area (Å²) in [5.41, 5.74) is 9.29. The van der Waals surface area contributed by atoms with E-state index in [9.17, 15) is 0 Å². The van der Waals surface area contributed by atoms with Crippen molar-refractivity contribution in [3.63, 3.8) is 0 Å². The highest BCUT2D eigenvalue weighted by Crippen LogP contribution is 2.37. The van der Waals surface area contributed by atoms with Gasteiger partial charge in [0, 0.05) is 24.7 Å². The predicted octanol–water partition coefficient (Wildman–Crippen LogP) is 3.57. The number of benzene rings is 1. The van der Waals surface area contributed by atoms with Crippen molar-refractivity contribution in [2.45, 2.75) is 18.9 Å². The Balaban J connectivity index is 1.72. The summed E-state index contributed by atoms with van der Waals surface area (Å²) in [5.74, 6) is 1.10. The van der Waals surface area contributed by atoms with Crippen LogP contribution in [-0.4, -0.2) is 45.1 Å². The number of nitrogens with zero attached hydrogens (tertiary/aromatic N) is 4. The fourth-order valence-electron chi connectivity index (χ4n) is 3.79. The summed E-state index contributed by atoms with van der Waals surface area (Å²) in [6.07, 6.45) is 3.25. The van der Waals surface area contributed by atoms with Gasteiger partial charge in [-0.2, -0.15) is 5.10 Å². The van der Waals surface area contributed by atoms with Crippen LogP contribution in [0.25, 0.3) is 33.3 Å². The molecule has 0 saturated carbocycles. The fraction of sp³-hybridized carbons (Fsp3) is 0.316. The van der Waals surface area contributed by atoms with Crippen LogP contribution in [-0.2, 0) is 4.74 Å². The summed E-state index contributed by atoms with van der Waals surface area (Å²) in [6, 6.07) is 5.91. The van der Waals surface area contributed by atoms with E-state index in [0.717, 1.165) is 40.5 Å². The zero-order valence-electron chi connectivity index (χ0n) is 15.3. The van der Waals surface area contributed by atoms with Crippen molar-refractivity contribution < 1.29 is 9.47 Å². The first-order chi connectivity index (χ1) is 13.7. The maximum atomic E-state index is 6.42. The lowest BCUT2D eigenvalue weighted by Crippen LogP contribution is -2.20. The molecule has 4 aromatic rings. The third kappa shape index (κ3) is 2.68. The minimum atomic E-state index is 0.215. The number of anilines is 1. The number of H-pyrrole nitrogens is 1. The minimum absolute atomic E-state index is 0.215. The average Bonchev–Trinajstić information content (AvgIpc) is 3.31. The van der Waals surface area contributed by atoms with E-state index >= 15 is 0 Å². The summed E-state index contributed by atoms with van der Waals surface area (Å²) >= 11 is 6.42. The number of halogens is 1. The lowest BCUT2D eigenvalue weighted by Gasteiger charge is -2.22. The lowest BCUT2D eigenvalue weighted by atomic mass is 10.1. The van der Waals surface area contributed by atoms with Crippen molar-refractivity contribution in [1.82, 2.24) is 24.7 Å². The highest BCUT2D eigenvalue weighted by Gasteiger charge is 2.24. The first-order valence-corrected chi connectivity index (χ1v) is 9.46. The number of ether oxygens (including phenoxy) is 2. The fourth-order valence-corrected chi connectivity index (χ4v) is 4.05. The zero-order valence-corrected chi connectivity index (χ0v) is 16.0. The third-order valence-corrected chi connectivity index (χ3v) is 5.50. The number of aromatic amines is 1. The molecule has 0 radical (unpaired) electrons. The third-order valence-electron chi connectivity index (χ3n) is 5.20. The maximum absolute atomic E-state index is 6.42. The molecule has 1 aliphatic rings. The second-order valence-corrected chi connectivity index (χ2v) is 7.26. The normalized spacial score (nSPS) is 15.5. The Hall–Kier alpha value is -2.84. The molecule has 0 atom stereocenters. The number of aromatic nitrogens is 5. The molecule has 1 saturated heterocycles. The molecule has 3 N–H and O–H groups in total. The predicted molar refractivity (Wildman–Crippen MR) is 108 cm³/mol. The lowest BCUT2D eigenvalue weighted by molar-refractivity contribution is 0.0674. The van der Waals surface area contributed by atoms with Crippen LogP contribution in [0.4, 0.5) is 5.82 Å². The van der Waals surface area contributed by atoms with E-state index in [4.69, 9.17) is 31.9 Å². The van der Waals surface area contributed by atoms with E-state index in [1.807, 2.05) is 16.8 Å². The van der Waals surface area contributed by atoms with Gasteiger partial charge in [-0.3, -0.25) is 0 Å². The van der Waals surface area contributed by atoms with Gasteiger partial charge in [-0.25, -0.2) is 14.6 Å². The van der Waals surface area contributed by atoms with E-state index in [1.165, 1.54) is 6.33 Å². The minimum Gasteiger partial charge on any atom is -0.497 e. The summed E-state index contributed by atoms with van der Waals surface area (Å²) < 4.78 is 12.8. The average molecular weight is 399 g/mol. The van der Waals surface area contributed by atoms with E-state index in [2.05, 4.69) is 15.0 Å². The van der Waals surface area contributed by atoms with Gasteiger partial charge in [0.05, 0.1) is 34.8 Å². The molecule has 0 bridgehead atoms. The second-order valence-electron chi connectivity index (χ2n) is 6.85. The molecule has 0 aliphatic carbocycles. The molecule has 144 valence electrons. The first kappa shape index (κ1) is 17.3. The number of nitrogen functional groups attached to an aromatic ring is 1. The van der Waals surface area contributed by atoms with E-state index in [-0.39, 0.29) is 6.04 Å². The Morgan fingerprint density at radius 3 is 2.86 bits per heavy atom. The molecular formula is C19H19ClN6O2. The van der Waals surface area contributed by atoms with Crippen molar-refractivity contribution in [2.75, 3.05) is 26.1 Å². The van der Waals surface area contributed by atoms with Gasteiger partial charge in [0.15, 0.2) is 5.65 Å². The highest BCUT2D eigenvalue weighted by molar-refractivity contribution is 6.35. The molecule has 0 amide bonds. The maximum Gasteiger partial charge on any atom is 0.164 e. The molecule has 1 fully saturated rings. The summed E-state index contributed by atoms with van der Waals surface area (Å²) in [4.78, 5) is 12.0. The van der Waals surface area contributed by atoms with Crippen molar-refractivity contribution in [3.05, 3.63) is 29.5 Å². The molecule has 0 unspecified atom stereocenters. The summed E-state index contributed by atoms with van der Waals surface area (Å²) in [7, 11) is 1.62. The number of fused-ring (bicyclic) bond motifs is 2. The molecule has 4 heterocycles. The number of nitrogens with two attached hydrogens (primary N) is 1. The number of rotatable bonds is 3. The van der Waals surface area contributed by atoms with Gasteiger partial charge in [0.2, 0.25) is 0 Å². The monoisotopic (exact) mass is 398 g/mol. The molecular weight excluding hydrogens is 380 g/mol. The summed E-state index contributed by atoms with van der Waals surface area (Å²) in [5, 5.41) is 7.14. The van der Waals surface area contributed by atoms with Crippen LogP contribution in [0.15, 0.2) is 24.5 Å². The van der Waals surface area contributed by atoms with Gasteiger partial charge in [0.1, 0.15) is 23.6 Å². The molecule has 0 spiro atoms. The van der Waals surface area contributed by atoms with Crippen molar-refractivity contribution in [1.29, 1.82) is 0 Å². The van der Waals surface area contributed by atoms with Crippen LogP contribution in [0.2, 0.25) is 5.02 Å². The van der Waals surface area contributed by atoms with Crippen LogP contribution in [0.5, 0.6) is 5.75 Å². The second kappa shape index (κ2) is 6.65. The molecule has 1 aromatic carbocycles. The van der Waals surface area contributed by atoms with Crippen molar-refractivity contribution in [3.8, 4) is 17.1 Å². The standard InChI is InChI=1S/C19H19ClN6O2/c1-27-12-6-10-7-14(24-16(10)13(20)8-12)17-15-18(21)22-9-23-19(15)26(25-17)11-2-4-28-5-3-11/h6-9,11,24H,2-5H2,1H3,(H2,21,22,23). The SMILES string of the molecule is COc1cc(Cl)c2[nH]c(-c3nn(C4CCOCC4)c4ncnc(N)c34)cc2c1. The Labute approximate surface area is 165 Å². The Morgan fingerprint density at radius 1 is 1.25 bits per heavy atom. The molecule has 5 rings (SSSR count). The largest absolute Gasteiger partial charge is 0.497 e. The Bertz CT molecular complexity index is 1180. The molecule has 1 aliphatic heterocycles. The summed E-state index contributed by atoms with van der Waals surface area (Å²) in [6.45, 7) is 1.42. The molecule has 8 nitrogen and oxygen atoms in total. The van der Waals surface area contributed by atoms with E-state index in [1.54, 1.807) is 13.2 Å². The van der Waals surface area contributed by atoms with Crippen LogP contribution >= 0.6 is 11.6 Å². The highest BCUT2D eigenvalue weighted by atomic mass is 35.5. The van der Waals surface area contributed by atoms with Gasteiger partial charge < -0.3 is 20.2 Å². The van der Waals surface area contributed by atoms with Gasteiger partial charge in [-0.1, -0.05) is 11.6 Å². The number of methoxy groups -OCH3 is 1. The molecule has 9 heteroatoms. The molecule has 28 heavy (non-hydrogen) atoms. The van der Waals surface area contributed by atoms with Crippen LogP contribution in [0, 0.1) is 0 Å². The number of nitrogens with one attached hydrogen (secondary N) is 1. The Kier molecular flexibility index (Phi) is 4.10. The smallest absolute Gasteiger partial charge is 0.164 e. The van der Waals surface area contributed by atoms with E-state index in [0.29, 0.717) is 35.5 Å². The zero-order chi connectivity index (χ0) is 19.3. The van der Waals surface area contributed by atoms with Gasteiger partial charge >= 0.3 is 0 Å². The van der Waals surface area contributed by atoms with Crippen LogP contribution < -0.4 is 10.5 Å². The van der Waals surface area contributed by atoms with Crippen molar-refractivity contribution >= 4 is 39.4 Å². The van der Waals surface area contributed by atoms with Crippen LogP contribution in [0.3, 0.4) is 0 Å². The molecule has 3 aromatic heterocycles. The first-order valence-electron chi connectivity index (χ1n) is 9.08. The van der Waals surface area contributed by atoms with Gasteiger partial charge in [-0.15, -0.1) is 0 Å². The Morgan fingerprint density at radius 2 is 2.07 bits per heavy atom. The van der Waals surface area contributed by atoms with E-state index < -0.39 is 0 Å². The quantitative estimate of drug-likeness (QED) is 0.546. The number of hydrogen-bond donors (Lipinski definition) is 2. The van der Waals surface area contributed by atoms with Gasteiger partial charge in [0.25, 0.3) is 0 Å². The van der Waals surface area contributed by atoms with Crippen molar-refractivity contribution in [2.24, 2.45) is 0 Å². The van der Waals surface area contributed by atoms with Crippen LogP contribution in [0.1, 0.15) is 18.9 Å². The topological polar surface area (TPSA) is 104 Å². The van der Waals surface area contributed by atoms with Gasteiger partial charge in [-0.05, 0) is 25.0 Å². The number of hydrogen-bond acceptors (Lipinski definition) is 6.